The van der Waals surface area contributed by atoms with Crippen LogP contribution in [0.5, 0.6) is 0 Å². The smallest absolute Gasteiger partial charge is 0.253 e. The minimum atomic E-state index is -0.319. The van der Waals surface area contributed by atoms with Gasteiger partial charge in [-0.3, -0.25) is 14.4 Å². The molecule has 170 valence electrons. The molecule has 1 heterocycles. The van der Waals surface area contributed by atoms with Crippen molar-refractivity contribution in [3.63, 3.8) is 0 Å². The van der Waals surface area contributed by atoms with Gasteiger partial charge in [-0.2, -0.15) is 5.26 Å². The Hall–Kier alpha value is -3.66. The normalized spacial score (nSPS) is 19.7. The van der Waals surface area contributed by atoms with E-state index in [0.717, 1.165) is 18.4 Å². The predicted octanol–water partition coefficient (Wildman–Crippen LogP) is 2.89. The number of nitrogens with zero attached hydrogens (tertiary/aromatic N) is 3. The van der Waals surface area contributed by atoms with Crippen molar-refractivity contribution < 1.29 is 14.4 Å². The first-order valence-electron chi connectivity index (χ1n) is 11.5. The lowest BCUT2D eigenvalue weighted by Crippen LogP contribution is -2.39. The Balaban J connectivity index is 1.55. The molecule has 7 heteroatoms. The Kier molecular flexibility index (Phi) is 7.04. The lowest BCUT2D eigenvalue weighted by molar-refractivity contribution is -0.136. The van der Waals surface area contributed by atoms with Gasteiger partial charge in [0.15, 0.2) is 0 Å². The molecule has 4 rings (SSSR count). The van der Waals surface area contributed by atoms with Crippen LogP contribution in [0, 0.1) is 17.2 Å². The van der Waals surface area contributed by atoms with E-state index in [0.29, 0.717) is 43.7 Å². The first-order valence-corrected chi connectivity index (χ1v) is 11.5. The molecule has 0 bridgehead atoms. The average molecular weight is 445 g/mol. The number of benzene rings is 2. The third kappa shape index (κ3) is 5.58. The topological polar surface area (TPSA) is 93.5 Å². The third-order valence-electron chi connectivity index (χ3n) is 6.23. The van der Waals surface area contributed by atoms with Crippen molar-refractivity contribution in [1.82, 2.24) is 15.1 Å². The second kappa shape index (κ2) is 10.3. The fourth-order valence-corrected chi connectivity index (χ4v) is 4.26. The number of hydrogen-bond donors (Lipinski definition) is 1. The largest absolute Gasteiger partial charge is 0.354 e. The van der Waals surface area contributed by atoms with Crippen molar-refractivity contribution in [3.05, 3.63) is 71.3 Å². The van der Waals surface area contributed by atoms with Gasteiger partial charge in [-0.15, -0.1) is 0 Å². The van der Waals surface area contributed by atoms with Crippen LogP contribution < -0.4 is 5.32 Å². The molecule has 1 saturated carbocycles. The van der Waals surface area contributed by atoms with Gasteiger partial charge in [-0.1, -0.05) is 30.3 Å². The van der Waals surface area contributed by atoms with Crippen LogP contribution >= 0.6 is 0 Å². The summed E-state index contributed by atoms with van der Waals surface area (Å²) in [5.74, 6) is -0.139. The van der Waals surface area contributed by atoms with Crippen molar-refractivity contribution >= 4 is 17.7 Å². The molecule has 1 atom stereocenters. The quantitative estimate of drug-likeness (QED) is 0.788. The van der Waals surface area contributed by atoms with Crippen LogP contribution in [0.2, 0.25) is 0 Å². The zero-order chi connectivity index (χ0) is 23.2. The molecule has 1 N–H and O–H groups in total. The Morgan fingerprint density at radius 2 is 1.70 bits per heavy atom. The first-order chi connectivity index (χ1) is 16.1. The summed E-state index contributed by atoms with van der Waals surface area (Å²) in [6.07, 6.45) is 2.61. The molecule has 2 aliphatic rings. The van der Waals surface area contributed by atoms with E-state index in [9.17, 15) is 14.4 Å². The summed E-state index contributed by atoms with van der Waals surface area (Å²) in [4.78, 5) is 42.6. The van der Waals surface area contributed by atoms with Gasteiger partial charge >= 0.3 is 0 Å². The Morgan fingerprint density at radius 3 is 2.36 bits per heavy atom. The van der Waals surface area contributed by atoms with Crippen LogP contribution in [0.4, 0.5) is 0 Å². The number of hydrogen-bond acceptors (Lipinski definition) is 4. The maximum atomic E-state index is 13.2. The molecule has 0 spiro atoms. The summed E-state index contributed by atoms with van der Waals surface area (Å²) in [7, 11) is 0. The van der Waals surface area contributed by atoms with E-state index >= 15 is 0 Å². The van der Waals surface area contributed by atoms with Crippen molar-refractivity contribution in [3.8, 4) is 6.07 Å². The van der Waals surface area contributed by atoms with Crippen molar-refractivity contribution in [2.24, 2.45) is 5.92 Å². The van der Waals surface area contributed by atoms with Crippen LogP contribution in [0.1, 0.15) is 53.2 Å². The van der Waals surface area contributed by atoms with E-state index in [2.05, 4.69) is 11.4 Å². The van der Waals surface area contributed by atoms with Crippen molar-refractivity contribution in [2.45, 2.75) is 31.7 Å². The van der Waals surface area contributed by atoms with Crippen LogP contribution in [-0.4, -0.2) is 53.7 Å². The minimum Gasteiger partial charge on any atom is -0.354 e. The molecular weight excluding hydrogens is 416 g/mol. The molecule has 7 nitrogen and oxygen atoms in total. The van der Waals surface area contributed by atoms with Gasteiger partial charge in [-0.25, -0.2) is 0 Å². The molecule has 2 aromatic carbocycles. The standard InChI is InChI=1S/C26H28N4O3/c27-18-19-7-9-21(10-8-19)25(32)29-14-4-15-30(26(33)22-11-12-22)23(17-24(31)28-13-16-29)20-5-2-1-3-6-20/h1-3,5-10,22-23H,4,11-17H2,(H,28,31). The molecule has 2 aromatic rings. The average Bonchev–Trinajstić information content (AvgIpc) is 3.69. The van der Waals surface area contributed by atoms with E-state index in [1.165, 1.54) is 0 Å². The lowest BCUT2D eigenvalue weighted by Gasteiger charge is -2.32. The second-order valence-corrected chi connectivity index (χ2v) is 8.62. The Bertz CT molecular complexity index is 1040. The van der Waals surface area contributed by atoms with Gasteiger partial charge in [-0.05, 0) is 49.1 Å². The molecule has 0 radical (unpaired) electrons. The number of carbonyl (C=O) groups is 3. The highest BCUT2D eigenvalue weighted by atomic mass is 16.2. The number of nitrogens with one attached hydrogen (secondary N) is 1. The molecule has 2 fully saturated rings. The lowest BCUT2D eigenvalue weighted by atomic mass is 10.0. The first kappa shape index (κ1) is 22.5. The van der Waals surface area contributed by atoms with E-state index in [1.807, 2.05) is 35.2 Å². The molecule has 33 heavy (non-hydrogen) atoms. The summed E-state index contributed by atoms with van der Waals surface area (Å²) in [6, 6.07) is 18.0. The molecule has 1 aliphatic heterocycles. The zero-order valence-electron chi connectivity index (χ0n) is 18.6. The van der Waals surface area contributed by atoms with Gasteiger partial charge in [0.05, 0.1) is 24.1 Å². The molecule has 1 saturated heterocycles. The van der Waals surface area contributed by atoms with Crippen LogP contribution in [-0.2, 0) is 9.59 Å². The summed E-state index contributed by atoms with van der Waals surface area (Å²) in [5, 5.41) is 11.9. The van der Waals surface area contributed by atoms with Gasteiger partial charge in [0.25, 0.3) is 5.91 Å². The molecule has 3 amide bonds. The highest BCUT2D eigenvalue weighted by molar-refractivity contribution is 5.94. The predicted molar refractivity (Wildman–Crippen MR) is 123 cm³/mol. The number of amides is 3. The van der Waals surface area contributed by atoms with Gasteiger partial charge in [0.1, 0.15) is 0 Å². The maximum absolute atomic E-state index is 13.2. The summed E-state index contributed by atoms with van der Waals surface area (Å²) in [5.41, 5.74) is 1.95. The summed E-state index contributed by atoms with van der Waals surface area (Å²) in [6.45, 7) is 1.69. The fourth-order valence-electron chi connectivity index (χ4n) is 4.26. The van der Waals surface area contributed by atoms with E-state index < -0.39 is 0 Å². The molecule has 0 aromatic heterocycles. The molecule has 1 unspecified atom stereocenters. The third-order valence-corrected chi connectivity index (χ3v) is 6.23. The van der Waals surface area contributed by atoms with Crippen molar-refractivity contribution in [1.29, 1.82) is 5.26 Å². The van der Waals surface area contributed by atoms with Gasteiger partial charge in [0, 0.05) is 37.7 Å². The Morgan fingerprint density at radius 1 is 0.970 bits per heavy atom. The minimum absolute atomic E-state index is 0.0424. The fraction of sp³-hybridized carbons (Fsp3) is 0.385. The molecule has 1 aliphatic carbocycles. The zero-order valence-corrected chi connectivity index (χ0v) is 18.6. The number of rotatable bonds is 3. The van der Waals surface area contributed by atoms with E-state index in [1.54, 1.807) is 29.2 Å². The molecular formula is C26H28N4O3. The van der Waals surface area contributed by atoms with Gasteiger partial charge < -0.3 is 15.1 Å². The number of nitriles is 1. The highest BCUT2D eigenvalue weighted by Crippen LogP contribution is 2.35. The van der Waals surface area contributed by atoms with Gasteiger partial charge in [0.2, 0.25) is 11.8 Å². The SMILES string of the molecule is N#Cc1ccc(C(=O)N2CCCN(C(=O)C3CC3)C(c3ccccc3)CC(=O)NCC2)cc1. The van der Waals surface area contributed by atoms with Crippen LogP contribution in [0.3, 0.4) is 0 Å². The van der Waals surface area contributed by atoms with E-state index in [4.69, 9.17) is 5.26 Å². The monoisotopic (exact) mass is 444 g/mol. The number of carbonyl (C=O) groups excluding carboxylic acids is 3. The summed E-state index contributed by atoms with van der Waals surface area (Å²) >= 11 is 0. The Labute approximate surface area is 194 Å². The maximum Gasteiger partial charge on any atom is 0.253 e. The van der Waals surface area contributed by atoms with Crippen LogP contribution in [0.15, 0.2) is 54.6 Å². The van der Waals surface area contributed by atoms with Crippen molar-refractivity contribution in [2.75, 3.05) is 26.2 Å². The highest BCUT2D eigenvalue weighted by Gasteiger charge is 2.37. The van der Waals surface area contributed by atoms with Crippen LogP contribution in [0.25, 0.3) is 0 Å². The second-order valence-electron chi connectivity index (χ2n) is 8.62. The van der Waals surface area contributed by atoms with E-state index in [-0.39, 0.29) is 36.1 Å². The summed E-state index contributed by atoms with van der Waals surface area (Å²) < 4.78 is 0.